The second kappa shape index (κ2) is 4.36. The number of hydrogen-bond donors (Lipinski definition) is 0. The molecule has 0 unspecified atom stereocenters. The molecule has 1 amide bonds. The second-order valence-corrected chi connectivity index (χ2v) is 2.47. The third-order valence-electron chi connectivity index (χ3n) is 0.917. The van der Waals surface area contributed by atoms with Gasteiger partial charge >= 0.3 is 0 Å². The molecule has 9 heavy (non-hydrogen) atoms. The minimum absolute atomic E-state index is 0.0347. The third-order valence-corrected chi connectivity index (χ3v) is 0.917. The molecular formula is C7H14NO. The van der Waals surface area contributed by atoms with E-state index in [0.29, 0.717) is 18.9 Å². The summed E-state index contributed by atoms with van der Waals surface area (Å²) in [6, 6.07) is 0. The molecule has 0 fully saturated rings. The van der Waals surface area contributed by atoms with Gasteiger partial charge in [0.25, 0.3) is 0 Å². The summed E-state index contributed by atoms with van der Waals surface area (Å²) in [5.74, 6) is 0.472. The van der Waals surface area contributed by atoms with Crippen molar-refractivity contribution in [1.82, 2.24) is 5.32 Å². The minimum atomic E-state index is 0.0347. The van der Waals surface area contributed by atoms with Crippen molar-refractivity contribution in [3.63, 3.8) is 0 Å². The zero-order chi connectivity index (χ0) is 7.28. The fourth-order valence-corrected chi connectivity index (χ4v) is 0.590. The lowest BCUT2D eigenvalue weighted by molar-refractivity contribution is -0.121. The Morgan fingerprint density at radius 2 is 2.11 bits per heavy atom. The Kier molecular flexibility index (Phi) is 4.10. The maximum atomic E-state index is 10.7. The lowest BCUT2D eigenvalue weighted by Gasteiger charge is -2.00. The van der Waals surface area contributed by atoms with Gasteiger partial charge in [-0.15, -0.1) is 0 Å². The Bertz CT molecular complexity index is 88.9. The van der Waals surface area contributed by atoms with Crippen molar-refractivity contribution in [3.8, 4) is 0 Å². The molecule has 2 heteroatoms. The van der Waals surface area contributed by atoms with Crippen LogP contribution in [-0.2, 0) is 4.79 Å². The van der Waals surface area contributed by atoms with E-state index in [-0.39, 0.29) is 5.91 Å². The van der Waals surface area contributed by atoms with Crippen molar-refractivity contribution >= 4 is 5.91 Å². The van der Waals surface area contributed by atoms with Gasteiger partial charge in [0, 0.05) is 13.0 Å². The predicted octanol–water partition coefficient (Wildman–Crippen LogP) is 1.18. The van der Waals surface area contributed by atoms with Crippen LogP contribution < -0.4 is 5.32 Å². The quantitative estimate of drug-likeness (QED) is 0.561. The van der Waals surface area contributed by atoms with Crippen LogP contribution in [0, 0.1) is 5.92 Å². The molecule has 0 aromatic carbocycles. The van der Waals surface area contributed by atoms with E-state index in [1.165, 1.54) is 0 Å². The molecule has 0 N–H and O–H groups in total. The van der Waals surface area contributed by atoms with Gasteiger partial charge in [-0.2, -0.15) is 0 Å². The minimum Gasteiger partial charge on any atom is -0.273 e. The second-order valence-electron chi connectivity index (χ2n) is 2.47. The van der Waals surface area contributed by atoms with Gasteiger partial charge in [-0.05, 0) is 12.8 Å². The molecule has 0 saturated carbocycles. The predicted molar refractivity (Wildman–Crippen MR) is 37.1 cm³/mol. The molecule has 0 aliphatic heterocycles. The van der Waals surface area contributed by atoms with Crippen molar-refractivity contribution in [2.45, 2.75) is 27.2 Å². The van der Waals surface area contributed by atoms with Crippen LogP contribution in [-0.4, -0.2) is 12.5 Å². The number of carbonyl (C=O) groups excluding carboxylic acids is 1. The van der Waals surface area contributed by atoms with E-state index in [2.05, 4.69) is 5.32 Å². The molecule has 0 aromatic rings. The SMILES string of the molecule is CC[N]C(=O)CC(C)C. The van der Waals surface area contributed by atoms with Crippen LogP contribution in [0.2, 0.25) is 0 Å². The molecule has 2 nitrogen and oxygen atoms in total. The van der Waals surface area contributed by atoms with E-state index < -0.39 is 0 Å². The first-order valence-corrected chi connectivity index (χ1v) is 3.37. The molecule has 0 aromatic heterocycles. The molecule has 0 rings (SSSR count). The molecule has 0 spiro atoms. The number of carbonyl (C=O) groups is 1. The third kappa shape index (κ3) is 5.34. The molecular weight excluding hydrogens is 114 g/mol. The van der Waals surface area contributed by atoms with Gasteiger partial charge in [0.2, 0.25) is 5.91 Å². The summed E-state index contributed by atoms with van der Waals surface area (Å²) in [6.45, 7) is 6.52. The van der Waals surface area contributed by atoms with Gasteiger partial charge in [-0.3, -0.25) is 10.1 Å². The highest BCUT2D eigenvalue weighted by atomic mass is 16.1. The highest BCUT2D eigenvalue weighted by Crippen LogP contribution is 1.97. The van der Waals surface area contributed by atoms with E-state index >= 15 is 0 Å². The number of amides is 1. The first-order valence-electron chi connectivity index (χ1n) is 3.37. The standard InChI is InChI=1S/C7H14NO/c1-4-8-7(9)5-6(2)3/h6H,4-5H2,1-3H3. The zero-order valence-electron chi connectivity index (χ0n) is 6.35. The summed E-state index contributed by atoms with van der Waals surface area (Å²) in [4.78, 5) is 10.7. The van der Waals surface area contributed by atoms with E-state index in [0.717, 1.165) is 0 Å². The van der Waals surface area contributed by atoms with E-state index in [1.54, 1.807) is 0 Å². The van der Waals surface area contributed by atoms with Crippen molar-refractivity contribution < 1.29 is 4.79 Å². The van der Waals surface area contributed by atoms with Gasteiger partial charge in [-0.1, -0.05) is 13.8 Å². The average Bonchev–Trinajstić information content (AvgIpc) is 1.63. The maximum Gasteiger partial charge on any atom is 0.241 e. The smallest absolute Gasteiger partial charge is 0.241 e. The summed E-state index contributed by atoms with van der Waals surface area (Å²) in [5, 5.41) is 3.73. The summed E-state index contributed by atoms with van der Waals surface area (Å²) < 4.78 is 0. The van der Waals surface area contributed by atoms with Gasteiger partial charge in [0.15, 0.2) is 0 Å². The topological polar surface area (TPSA) is 31.2 Å². The summed E-state index contributed by atoms with van der Waals surface area (Å²) in [6.07, 6.45) is 0.591. The normalized spacial score (nSPS) is 9.78. The summed E-state index contributed by atoms with van der Waals surface area (Å²) >= 11 is 0. The van der Waals surface area contributed by atoms with E-state index in [4.69, 9.17) is 0 Å². The number of nitrogens with zero attached hydrogens (tertiary/aromatic N) is 1. The van der Waals surface area contributed by atoms with Gasteiger partial charge < -0.3 is 0 Å². The average molecular weight is 128 g/mol. The molecule has 1 radical (unpaired) electrons. The fraction of sp³-hybridized carbons (Fsp3) is 0.857. The molecule has 0 bridgehead atoms. The van der Waals surface area contributed by atoms with Crippen LogP contribution in [0.3, 0.4) is 0 Å². The van der Waals surface area contributed by atoms with Gasteiger partial charge in [0.1, 0.15) is 0 Å². The van der Waals surface area contributed by atoms with Crippen LogP contribution in [0.4, 0.5) is 0 Å². The van der Waals surface area contributed by atoms with Crippen LogP contribution in [0.15, 0.2) is 0 Å². The van der Waals surface area contributed by atoms with Gasteiger partial charge in [-0.25, -0.2) is 0 Å². The van der Waals surface area contributed by atoms with E-state index in [1.807, 2.05) is 20.8 Å². The number of rotatable bonds is 3. The van der Waals surface area contributed by atoms with E-state index in [9.17, 15) is 4.79 Å². The molecule has 53 valence electrons. The van der Waals surface area contributed by atoms with Crippen LogP contribution in [0.25, 0.3) is 0 Å². The molecule has 0 saturated heterocycles. The summed E-state index contributed by atoms with van der Waals surface area (Å²) in [7, 11) is 0. The Hall–Kier alpha value is -0.530. The monoisotopic (exact) mass is 128 g/mol. The lowest BCUT2D eigenvalue weighted by Crippen LogP contribution is -2.16. The Balaban J connectivity index is 3.27. The first kappa shape index (κ1) is 8.47. The van der Waals surface area contributed by atoms with Crippen LogP contribution in [0.5, 0.6) is 0 Å². The Labute approximate surface area is 56.6 Å². The zero-order valence-corrected chi connectivity index (χ0v) is 6.35. The fourth-order valence-electron chi connectivity index (χ4n) is 0.590. The summed E-state index contributed by atoms with van der Waals surface area (Å²) in [5.41, 5.74) is 0. The molecule has 0 aliphatic rings. The molecule has 0 aliphatic carbocycles. The largest absolute Gasteiger partial charge is 0.273 e. The van der Waals surface area contributed by atoms with Gasteiger partial charge in [0.05, 0.1) is 0 Å². The highest BCUT2D eigenvalue weighted by molar-refractivity contribution is 5.75. The van der Waals surface area contributed by atoms with Crippen molar-refractivity contribution in [2.75, 3.05) is 6.54 Å². The van der Waals surface area contributed by atoms with Crippen molar-refractivity contribution in [1.29, 1.82) is 0 Å². The van der Waals surface area contributed by atoms with Crippen LogP contribution in [0.1, 0.15) is 27.2 Å². The first-order chi connectivity index (χ1) is 4.16. The number of hydrogen-bond acceptors (Lipinski definition) is 1. The van der Waals surface area contributed by atoms with Crippen molar-refractivity contribution in [2.24, 2.45) is 5.92 Å². The Morgan fingerprint density at radius 3 is 2.44 bits per heavy atom. The maximum absolute atomic E-state index is 10.7. The van der Waals surface area contributed by atoms with Crippen LogP contribution >= 0.6 is 0 Å². The molecule has 0 atom stereocenters. The van der Waals surface area contributed by atoms with Crippen molar-refractivity contribution in [3.05, 3.63) is 0 Å². The lowest BCUT2D eigenvalue weighted by atomic mass is 10.1. The highest BCUT2D eigenvalue weighted by Gasteiger charge is 2.02. The molecule has 0 heterocycles. The Morgan fingerprint density at radius 1 is 1.56 bits per heavy atom.